The summed E-state index contributed by atoms with van der Waals surface area (Å²) >= 11 is 0. The van der Waals surface area contributed by atoms with E-state index in [1.54, 1.807) is 6.07 Å². The van der Waals surface area contributed by atoms with Gasteiger partial charge in [0, 0.05) is 11.4 Å². The number of benzene rings is 1. The molecule has 2 aromatic rings. The number of hydrogen-bond acceptors (Lipinski definition) is 3. The number of aliphatic carboxylic acids is 1. The fourth-order valence-corrected chi connectivity index (χ4v) is 2.51. The van der Waals surface area contributed by atoms with Crippen molar-refractivity contribution in [2.24, 2.45) is 5.92 Å². The Labute approximate surface area is 115 Å². The van der Waals surface area contributed by atoms with E-state index in [0.29, 0.717) is 17.1 Å². The lowest BCUT2D eigenvalue weighted by atomic mass is 10.1. The van der Waals surface area contributed by atoms with Gasteiger partial charge in [0.1, 0.15) is 5.82 Å². The Balaban J connectivity index is 1.89. The summed E-state index contributed by atoms with van der Waals surface area (Å²) in [6, 6.07) is 9.08. The van der Waals surface area contributed by atoms with Crippen LogP contribution in [0.15, 0.2) is 35.1 Å². The van der Waals surface area contributed by atoms with E-state index in [2.05, 4.69) is 10.3 Å². The summed E-state index contributed by atoms with van der Waals surface area (Å²) in [6.07, 6.45) is 2.16. The number of H-pyrrole nitrogens is 1. The fourth-order valence-electron chi connectivity index (χ4n) is 2.51. The third kappa shape index (κ3) is 2.66. The van der Waals surface area contributed by atoms with Gasteiger partial charge < -0.3 is 15.4 Å². The van der Waals surface area contributed by atoms with Crippen LogP contribution in [0.25, 0.3) is 10.8 Å². The quantitative estimate of drug-likeness (QED) is 0.779. The number of aromatic nitrogens is 1. The maximum absolute atomic E-state index is 12.0. The molecule has 5 heteroatoms. The Morgan fingerprint density at radius 1 is 1.40 bits per heavy atom. The molecule has 104 valence electrons. The number of aromatic amines is 1. The molecule has 1 aliphatic rings. The number of carbonyl (C=O) groups is 1. The van der Waals surface area contributed by atoms with Crippen molar-refractivity contribution in [3.63, 3.8) is 0 Å². The number of hydrogen-bond donors (Lipinski definition) is 3. The van der Waals surface area contributed by atoms with Crippen LogP contribution in [0.2, 0.25) is 0 Å². The van der Waals surface area contributed by atoms with Crippen LogP contribution in [0.5, 0.6) is 0 Å². The first-order valence-corrected chi connectivity index (χ1v) is 6.74. The number of carboxylic acid groups (broad SMARTS) is 1. The predicted molar refractivity (Wildman–Crippen MR) is 77.0 cm³/mol. The van der Waals surface area contributed by atoms with Crippen molar-refractivity contribution < 1.29 is 9.90 Å². The molecule has 1 aromatic heterocycles. The van der Waals surface area contributed by atoms with Crippen LogP contribution in [0.3, 0.4) is 0 Å². The number of fused-ring (bicyclic) bond motifs is 1. The molecule has 5 nitrogen and oxygen atoms in total. The second-order valence-corrected chi connectivity index (χ2v) is 5.29. The molecular formula is C15H16N2O3. The first-order valence-electron chi connectivity index (χ1n) is 6.74. The van der Waals surface area contributed by atoms with E-state index in [0.717, 1.165) is 18.2 Å². The van der Waals surface area contributed by atoms with Gasteiger partial charge in [-0.15, -0.1) is 0 Å². The highest BCUT2D eigenvalue weighted by atomic mass is 16.4. The first-order chi connectivity index (χ1) is 9.63. The van der Waals surface area contributed by atoms with Gasteiger partial charge in [0.15, 0.2) is 0 Å². The lowest BCUT2D eigenvalue weighted by Gasteiger charge is -2.17. The predicted octanol–water partition coefficient (Wildman–Crippen LogP) is 2.19. The lowest BCUT2D eigenvalue weighted by molar-refractivity contribution is -0.137. The summed E-state index contributed by atoms with van der Waals surface area (Å²) in [4.78, 5) is 25.7. The Kier molecular flexibility index (Phi) is 3.18. The van der Waals surface area contributed by atoms with Gasteiger partial charge in [-0.1, -0.05) is 18.2 Å². The van der Waals surface area contributed by atoms with Crippen molar-refractivity contribution in [1.82, 2.24) is 4.98 Å². The molecule has 1 aliphatic carbocycles. The monoisotopic (exact) mass is 272 g/mol. The average Bonchev–Trinajstić information content (AvgIpc) is 3.22. The van der Waals surface area contributed by atoms with Crippen LogP contribution in [-0.4, -0.2) is 22.1 Å². The molecule has 1 unspecified atom stereocenters. The Morgan fingerprint density at radius 3 is 2.85 bits per heavy atom. The van der Waals surface area contributed by atoms with Crippen molar-refractivity contribution >= 4 is 22.6 Å². The van der Waals surface area contributed by atoms with Crippen LogP contribution in [0, 0.1) is 5.92 Å². The fraction of sp³-hybridized carbons (Fsp3) is 0.333. The highest BCUT2D eigenvalue weighted by molar-refractivity contribution is 5.83. The molecular weight excluding hydrogens is 256 g/mol. The van der Waals surface area contributed by atoms with Gasteiger partial charge >= 0.3 is 5.97 Å². The minimum absolute atomic E-state index is 0.0690. The standard InChI is InChI=1S/C15H16N2O3/c18-14(19)8-12(9-5-6-9)16-13-7-10-3-1-2-4-11(10)15(20)17-13/h1-4,7,9,12H,5-6,8H2,(H,18,19)(H2,16,17,20). The number of nitrogens with one attached hydrogen (secondary N) is 2. The zero-order valence-electron chi connectivity index (χ0n) is 10.9. The molecule has 1 atom stereocenters. The minimum Gasteiger partial charge on any atom is -0.481 e. The molecule has 3 rings (SSSR count). The van der Waals surface area contributed by atoms with Crippen LogP contribution in [0.4, 0.5) is 5.82 Å². The summed E-state index contributed by atoms with van der Waals surface area (Å²) in [5.41, 5.74) is -0.157. The summed E-state index contributed by atoms with van der Waals surface area (Å²) in [5.74, 6) is 0.158. The zero-order chi connectivity index (χ0) is 14.1. The van der Waals surface area contributed by atoms with E-state index in [4.69, 9.17) is 5.11 Å². The molecule has 0 bridgehead atoms. The number of pyridine rings is 1. The molecule has 0 radical (unpaired) electrons. The molecule has 0 aliphatic heterocycles. The van der Waals surface area contributed by atoms with Gasteiger partial charge in [0.2, 0.25) is 0 Å². The molecule has 0 saturated heterocycles. The van der Waals surface area contributed by atoms with Gasteiger partial charge in [0.25, 0.3) is 5.56 Å². The lowest BCUT2D eigenvalue weighted by Crippen LogP contribution is -2.26. The van der Waals surface area contributed by atoms with Crippen molar-refractivity contribution in [1.29, 1.82) is 0 Å². The van der Waals surface area contributed by atoms with E-state index in [-0.39, 0.29) is 18.0 Å². The summed E-state index contributed by atoms with van der Waals surface area (Å²) in [6.45, 7) is 0. The van der Waals surface area contributed by atoms with Gasteiger partial charge in [-0.3, -0.25) is 9.59 Å². The van der Waals surface area contributed by atoms with Crippen LogP contribution in [0.1, 0.15) is 19.3 Å². The molecule has 20 heavy (non-hydrogen) atoms. The molecule has 1 fully saturated rings. The summed E-state index contributed by atoms with van der Waals surface area (Å²) < 4.78 is 0. The summed E-state index contributed by atoms with van der Waals surface area (Å²) in [7, 11) is 0. The van der Waals surface area contributed by atoms with E-state index in [9.17, 15) is 9.59 Å². The van der Waals surface area contributed by atoms with Crippen LogP contribution in [-0.2, 0) is 4.79 Å². The summed E-state index contributed by atoms with van der Waals surface area (Å²) in [5, 5.41) is 13.6. The van der Waals surface area contributed by atoms with E-state index < -0.39 is 5.97 Å². The van der Waals surface area contributed by atoms with E-state index in [1.165, 1.54) is 0 Å². The van der Waals surface area contributed by atoms with Crippen molar-refractivity contribution in [3.8, 4) is 0 Å². The van der Waals surface area contributed by atoms with Gasteiger partial charge in [-0.25, -0.2) is 0 Å². The highest BCUT2D eigenvalue weighted by Gasteiger charge is 2.32. The van der Waals surface area contributed by atoms with Crippen molar-refractivity contribution in [2.75, 3.05) is 5.32 Å². The molecule has 3 N–H and O–H groups in total. The Morgan fingerprint density at radius 2 is 2.15 bits per heavy atom. The van der Waals surface area contributed by atoms with E-state index >= 15 is 0 Å². The second-order valence-electron chi connectivity index (χ2n) is 5.29. The van der Waals surface area contributed by atoms with Gasteiger partial charge in [0.05, 0.1) is 6.42 Å². The number of carboxylic acids is 1. The first kappa shape index (κ1) is 12.7. The second kappa shape index (κ2) is 5.00. The topological polar surface area (TPSA) is 82.2 Å². The van der Waals surface area contributed by atoms with Gasteiger partial charge in [-0.2, -0.15) is 0 Å². The van der Waals surface area contributed by atoms with Crippen LogP contribution >= 0.6 is 0 Å². The Bertz CT molecular complexity index is 704. The minimum atomic E-state index is -0.822. The molecule has 1 saturated carbocycles. The van der Waals surface area contributed by atoms with E-state index in [1.807, 2.05) is 24.3 Å². The highest BCUT2D eigenvalue weighted by Crippen LogP contribution is 2.35. The maximum atomic E-state index is 12.0. The third-order valence-corrected chi connectivity index (χ3v) is 3.68. The normalized spacial score (nSPS) is 16.0. The molecule has 0 amide bonds. The molecule has 1 heterocycles. The average molecular weight is 272 g/mol. The number of rotatable bonds is 5. The Hall–Kier alpha value is -2.30. The zero-order valence-corrected chi connectivity index (χ0v) is 10.9. The van der Waals surface area contributed by atoms with Crippen molar-refractivity contribution in [3.05, 3.63) is 40.7 Å². The smallest absolute Gasteiger partial charge is 0.305 e. The largest absolute Gasteiger partial charge is 0.481 e. The van der Waals surface area contributed by atoms with Crippen LogP contribution < -0.4 is 10.9 Å². The third-order valence-electron chi connectivity index (χ3n) is 3.68. The molecule has 1 aromatic carbocycles. The SMILES string of the molecule is O=C(O)CC(Nc1cc2ccccc2c(=O)[nH]1)C1CC1. The number of anilines is 1. The van der Waals surface area contributed by atoms with Crippen molar-refractivity contribution in [2.45, 2.75) is 25.3 Å². The molecule has 0 spiro atoms. The maximum Gasteiger partial charge on any atom is 0.305 e. The van der Waals surface area contributed by atoms with Gasteiger partial charge in [-0.05, 0) is 36.3 Å².